The van der Waals surface area contributed by atoms with Gasteiger partial charge in [-0.1, -0.05) is 26.0 Å². The lowest BCUT2D eigenvalue weighted by molar-refractivity contribution is -0.387. The summed E-state index contributed by atoms with van der Waals surface area (Å²) in [4.78, 5) is 39.1. The molecule has 10 heteroatoms. The number of rotatable bonds is 5. The van der Waals surface area contributed by atoms with Crippen molar-refractivity contribution < 1.29 is 23.6 Å². The molecule has 2 rings (SSSR count). The fraction of sp³-hybridized carbons (Fsp3) is 0.450. The van der Waals surface area contributed by atoms with Gasteiger partial charge in [0.1, 0.15) is 11.3 Å². The van der Waals surface area contributed by atoms with Crippen LogP contribution in [-0.2, 0) is 9.53 Å². The number of likely N-dealkylation sites (tertiary alicyclic amines) is 1. The van der Waals surface area contributed by atoms with Crippen molar-refractivity contribution in [1.29, 1.82) is 0 Å². The molecule has 0 bridgehead atoms. The Morgan fingerprint density at radius 2 is 1.97 bits per heavy atom. The number of allylic oxidation sites excluding steroid dienone is 1. The van der Waals surface area contributed by atoms with Crippen LogP contribution in [0.15, 0.2) is 29.4 Å². The third-order valence-electron chi connectivity index (χ3n) is 3.86. The number of hydrogen-bond acceptors (Lipinski definition) is 7. The molecule has 0 unspecified atom stereocenters. The smallest absolute Gasteiger partial charge is 0.410 e. The summed E-state index contributed by atoms with van der Waals surface area (Å²) >= 11 is 0. The van der Waals surface area contributed by atoms with Gasteiger partial charge in [-0.3, -0.25) is 19.9 Å². The number of aldehydes is 1. The van der Waals surface area contributed by atoms with E-state index >= 15 is 0 Å². The van der Waals surface area contributed by atoms with Gasteiger partial charge in [0.25, 0.3) is 0 Å². The first-order valence-corrected chi connectivity index (χ1v) is 9.43. The van der Waals surface area contributed by atoms with E-state index in [1.807, 2.05) is 13.8 Å². The van der Waals surface area contributed by atoms with Crippen LogP contribution < -0.4 is 5.73 Å². The average molecular weight is 422 g/mol. The van der Waals surface area contributed by atoms with Crippen molar-refractivity contribution in [2.75, 3.05) is 13.1 Å². The molecule has 0 saturated carbocycles. The van der Waals surface area contributed by atoms with Gasteiger partial charge in [0.2, 0.25) is 5.82 Å². The van der Waals surface area contributed by atoms with Gasteiger partial charge in [0.05, 0.1) is 11.0 Å². The lowest BCUT2D eigenvalue weighted by Gasteiger charge is -2.37. The topological polar surface area (TPSA) is 128 Å². The number of nitro benzene ring substituents is 1. The molecule has 0 radical (unpaired) electrons. The molecular weight excluding hydrogens is 395 g/mol. The van der Waals surface area contributed by atoms with Crippen LogP contribution in [0.3, 0.4) is 0 Å². The summed E-state index contributed by atoms with van der Waals surface area (Å²) in [6.07, 6.45) is 0.873. The number of hydrogen-bond donors (Lipinski definition) is 1. The third-order valence-corrected chi connectivity index (χ3v) is 3.86. The minimum Gasteiger partial charge on any atom is -0.444 e. The molecule has 0 aliphatic carbocycles. The van der Waals surface area contributed by atoms with E-state index in [-0.39, 0.29) is 29.9 Å². The second-order valence-corrected chi connectivity index (χ2v) is 7.15. The maximum atomic E-state index is 14.4. The van der Waals surface area contributed by atoms with Gasteiger partial charge in [0.15, 0.2) is 6.29 Å². The van der Waals surface area contributed by atoms with Gasteiger partial charge in [-0.15, -0.1) is 0 Å². The lowest BCUT2D eigenvalue weighted by Crippen LogP contribution is -2.54. The number of nitrogens with two attached hydrogens (primary N) is 1. The second-order valence-electron chi connectivity index (χ2n) is 7.15. The predicted molar refractivity (Wildman–Crippen MR) is 112 cm³/mol. The van der Waals surface area contributed by atoms with Crippen LogP contribution in [-0.4, -0.2) is 52.6 Å². The molecule has 1 aliphatic heterocycles. The van der Waals surface area contributed by atoms with Gasteiger partial charge in [-0.2, -0.15) is 4.39 Å². The van der Waals surface area contributed by atoms with Crippen molar-refractivity contribution in [3.05, 3.63) is 45.9 Å². The van der Waals surface area contributed by atoms with Gasteiger partial charge < -0.3 is 15.4 Å². The molecule has 1 aromatic rings. The number of carbonyl (C=O) groups excluding carboxylic acids is 2. The van der Waals surface area contributed by atoms with Crippen molar-refractivity contribution in [2.24, 2.45) is 10.7 Å². The second kappa shape index (κ2) is 10.5. The molecule has 1 saturated heterocycles. The van der Waals surface area contributed by atoms with Crippen LogP contribution in [0.5, 0.6) is 0 Å². The Morgan fingerprint density at radius 1 is 1.37 bits per heavy atom. The molecule has 30 heavy (non-hydrogen) atoms. The predicted octanol–water partition coefficient (Wildman–Crippen LogP) is 3.32. The molecule has 2 N–H and O–H groups in total. The SMILES string of the molecule is CC.CC(C)(C)OC(=O)N1CC(N=C(C=O)/C(=C\N)c2cccc([N+](=O)[O-])c2F)C1. The van der Waals surface area contributed by atoms with Gasteiger partial charge >= 0.3 is 11.8 Å². The van der Waals surface area contributed by atoms with Gasteiger partial charge in [-0.25, -0.2) is 4.79 Å². The normalized spacial score (nSPS) is 14.9. The molecule has 0 aromatic heterocycles. The van der Waals surface area contributed by atoms with E-state index < -0.39 is 34.2 Å². The number of carbonyl (C=O) groups is 2. The molecule has 164 valence electrons. The molecule has 1 aliphatic rings. The van der Waals surface area contributed by atoms with E-state index in [1.54, 1.807) is 20.8 Å². The monoisotopic (exact) mass is 422 g/mol. The van der Waals surface area contributed by atoms with Crippen molar-refractivity contribution in [3.8, 4) is 0 Å². The number of nitro groups is 1. The zero-order valence-electron chi connectivity index (χ0n) is 17.7. The Morgan fingerprint density at radius 3 is 2.43 bits per heavy atom. The molecule has 0 spiro atoms. The highest BCUT2D eigenvalue weighted by molar-refractivity contribution is 6.49. The first-order chi connectivity index (χ1) is 14.1. The molecule has 9 nitrogen and oxygen atoms in total. The zero-order valence-corrected chi connectivity index (χ0v) is 17.7. The summed E-state index contributed by atoms with van der Waals surface area (Å²) in [6.45, 7) is 9.69. The summed E-state index contributed by atoms with van der Waals surface area (Å²) in [5, 5.41) is 10.9. The molecule has 0 atom stereocenters. The Balaban J connectivity index is 0.00000218. The summed E-state index contributed by atoms with van der Waals surface area (Å²) in [5.74, 6) is -1.11. The van der Waals surface area contributed by atoms with Gasteiger partial charge in [0, 0.05) is 36.5 Å². The highest BCUT2D eigenvalue weighted by Gasteiger charge is 2.34. The summed E-state index contributed by atoms with van der Waals surface area (Å²) in [5.41, 5.74) is 3.75. The highest BCUT2D eigenvalue weighted by atomic mass is 19.1. The van der Waals surface area contributed by atoms with E-state index in [4.69, 9.17) is 10.5 Å². The first-order valence-electron chi connectivity index (χ1n) is 9.43. The molecule has 1 fully saturated rings. The fourth-order valence-electron chi connectivity index (χ4n) is 2.55. The molecule has 1 amide bonds. The molecule has 1 aromatic carbocycles. The molecular formula is C20H27FN4O5. The van der Waals surface area contributed by atoms with Crippen molar-refractivity contribution in [2.45, 2.75) is 46.3 Å². The van der Waals surface area contributed by atoms with Crippen molar-refractivity contribution in [1.82, 2.24) is 4.90 Å². The van der Waals surface area contributed by atoms with Crippen LogP contribution in [0.1, 0.15) is 40.2 Å². The minimum atomic E-state index is -1.11. The van der Waals surface area contributed by atoms with Gasteiger partial charge in [-0.05, 0) is 20.8 Å². The number of benzene rings is 1. The number of amides is 1. The maximum Gasteiger partial charge on any atom is 0.410 e. The number of ether oxygens (including phenoxy) is 1. The van der Waals surface area contributed by atoms with E-state index in [2.05, 4.69) is 4.99 Å². The minimum absolute atomic E-state index is 0.0630. The van der Waals surface area contributed by atoms with E-state index in [1.165, 1.54) is 17.0 Å². The van der Waals surface area contributed by atoms with Crippen LogP contribution >= 0.6 is 0 Å². The fourth-order valence-corrected chi connectivity index (χ4v) is 2.55. The van der Waals surface area contributed by atoms with E-state index in [9.17, 15) is 24.1 Å². The lowest BCUT2D eigenvalue weighted by atomic mass is 10.0. The summed E-state index contributed by atoms with van der Waals surface area (Å²) < 4.78 is 19.7. The third kappa shape index (κ3) is 6.10. The van der Waals surface area contributed by atoms with Crippen molar-refractivity contribution in [3.63, 3.8) is 0 Å². The van der Waals surface area contributed by atoms with E-state index in [0.717, 1.165) is 12.3 Å². The number of nitrogens with zero attached hydrogens (tertiary/aromatic N) is 3. The first kappa shape index (κ1) is 24.7. The summed E-state index contributed by atoms with van der Waals surface area (Å²) in [6, 6.07) is 3.17. The zero-order chi connectivity index (χ0) is 23.1. The van der Waals surface area contributed by atoms with Crippen LogP contribution in [0.2, 0.25) is 0 Å². The highest BCUT2D eigenvalue weighted by Crippen LogP contribution is 2.27. The Kier molecular flexibility index (Phi) is 8.63. The van der Waals surface area contributed by atoms with Crippen molar-refractivity contribution >= 4 is 29.4 Å². The standard InChI is InChI=1S/C18H21FN4O5.C2H6/c1-18(2,3)28-17(25)22-8-11(9-22)21-14(10-24)13(7-20)12-5-4-6-15(16(12)19)23(26)27;1-2/h4-7,10-11H,8-9,20H2,1-3H3;1-2H3/b13-7-,21-14?;. The van der Waals surface area contributed by atoms with E-state index in [0.29, 0.717) is 6.29 Å². The van der Waals surface area contributed by atoms with Crippen LogP contribution in [0, 0.1) is 15.9 Å². The van der Waals surface area contributed by atoms with Crippen LogP contribution in [0.25, 0.3) is 5.57 Å². The Bertz CT molecular complexity index is 855. The Labute approximate surface area is 174 Å². The largest absolute Gasteiger partial charge is 0.444 e. The molecule has 1 heterocycles. The van der Waals surface area contributed by atoms with Crippen LogP contribution in [0.4, 0.5) is 14.9 Å². The number of aliphatic imine (C=N–C) groups is 1. The average Bonchev–Trinajstić information content (AvgIpc) is 2.64. The number of halogens is 1. The summed E-state index contributed by atoms with van der Waals surface area (Å²) in [7, 11) is 0. The quantitative estimate of drug-likeness (QED) is 0.335. The maximum absolute atomic E-state index is 14.4. The Hall–Kier alpha value is -3.30.